The molecule has 1 heterocycles. The molecule has 0 spiro atoms. The van der Waals surface area contributed by atoms with Crippen molar-refractivity contribution in [3.05, 3.63) is 46.5 Å². The van der Waals surface area contributed by atoms with E-state index in [9.17, 15) is 0 Å². The molecule has 3 nitrogen and oxygen atoms in total. The Bertz CT molecular complexity index is 485. The molecule has 0 aliphatic carbocycles. The van der Waals surface area contributed by atoms with Crippen LogP contribution in [0.15, 0.2) is 40.3 Å². The molecular formula is C12H9BrN2O. The quantitative estimate of drug-likeness (QED) is 0.834. The van der Waals surface area contributed by atoms with Gasteiger partial charge in [0.15, 0.2) is 6.10 Å². The van der Waals surface area contributed by atoms with Gasteiger partial charge in [0, 0.05) is 10.0 Å². The number of halogens is 1. The summed E-state index contributed by atoms with van der Waals surface area (Å²) in [5.74, 6) is 0.607. The Morgan fingerprint density at radius 1 is 1.50 bits per heavy atom. The van der Waals surface area contributed by atoms with Crippen LogP contribution in [0.1, 0.15) is 11.1 Å². The van der Waals surface area contributed by atoms with E-state index in [0.29, 0.717) is 18.0 Å². The highest BCUT2D eigenvalue weighted by Crippen LogP contribution is 2.20. The van der Waals surface area contributed by atoms with Gasteiger partial charge >= 0.3 is 0 Å². The van der Waals surface area contributed by atoms with Crippen LogP contribution < -0.4 is 0 Å². The zero-order valence-electron chi connectivity index (χ0n) is 8.48. The minimum atomic E-state index is -0.0920. The first kappa shape index (κ1) is 10.9. The first-order chi connectivity index (χ1) is 7.70. The lowest BCUT2D eigenvalue weighted by molar-refractivity contribution is 0.272. The molecule has 2 rings (SSSR count). The molecule has 16 heavy (non-hydrogen) atoms. The molecule has 0 N–H and O–H groups in total. The van der Waals surface area contributed by atoms with E-state index in [1.165, 1.54) is 0 Å². The van der Waals surface area contributed by atoms with Gasteiger partial charge in [0.1, 0.15) is 0 Å². The van der Waals surface area contributed by atoms with Gasteiger partial charge in [-0.15, -0.1) is 0 Å². The fourth-order valence-electron chi connectivity index (χ4n) is 1.38. The monoisotopic (exact) mass is 276 g/mol. The van der Waals surface area contributed by atoms with E-state index in [1.807, 2.05) is 12.1 Å². The molecule has 0 saturated heterocycles. The van der Waals surface area contributed by atoms with Gasteiger partial charge in [-0.25, -0.2) is 4.99 Å². The highest BCUT2D eigenvalue weighted by Gasteiger charge is 2.22. The number of aliphatic imine (C=N–C) groups is 1. The number of benzene rings is 1. The lowest BCUT2D eigenvalue weighted by Crippen LogP contribution is -2.12. The standard InChI is InChI=1S/C12H9BrN2O/c1-8(13)11-7-15-12(16-11)10-4-2-9(6-14)3-5-10/h2-5,11H,1,7H2. The fraction of sp³-hybridized carbons (Fsp3) is 0.167. The fourth-order valence-corrected chi connectivity index (χ4v) is 1.62. The molecule has 0 aromatic heterocycles. The minimum absolute atomic E-state index is 0.0920. The topological polar surface area (TPSA) is 45.4 Å². The molecule has 1 aromatic rings. The maximum atomic E-state index is 8.68. The van der Waals surface area contributed by atoms with Gasteiger partial charge in [0.05, 0.1) is 18.2 Å². The molecule has 4 heteroatoms. The summed E-state index contributed by atoms with van der Waals surface area (Å²) in [6.07, 6.45) is -0.0920. The van der Waals surface area contributed by atoms with Crippen molar-refractivity contribution >= 4 is 21.8 Å². The van der Waals surface area contributed by atoms with Gasteiger partial charge in [-0.2, -0.15) is 5.26 Å². The third-order valence-electron chi connectivity index (χ3n) is 2.26. The van der Waals surface area contributed by atoms with Crippen LogP contribution in [0.25, 0.3) is 0 Å². The van der Waals surface area contributed by atoms with Crippen LogP contribution in [0.3, 0.4) is 0 Å². The average Bonchev–Trinajstić information content (AvgIpc) is 2.78. The third-order valence-corrected chi connectivity index (χ3v) is 2.78. The lowest BCUT2D eigenvalue weighted by Gasteiger charge is -2.09. The highest BCUT2D eigenvalue weighted by molar-refractivity contribution is 9.11. The second-order valence-electron chi connectivity index (χ2n) is 3.39. The number of nitrogens with zero attached hydrogens (tertiary/aromatic N) is 2. The van der Waals surface area contributed by atoms with E-state index in [4.69, 9.17) is 10.00 Å². The average molecular weight is 277 g/mol. The first-order valence-electron chi connectivity index (χ1n) is 4.76. The van der Waals surface area contributed by atoms with Gasteiger partial charge in [0.2, 0.25) is 5.90 Å². The van der Waals surface area contributed by atoms with Crippen LogP contribution in [0.4, 0.5) is 0 Å². The zero-order chi connectivity index (χ0) is 11.5. The van der Waals surface area contributed by atoms with E-state index in [-0.39, 0.29) is 6.10 Å². The van der Waals surface area contributed by atoms with Crippen LogP contribution in [-0.2, 0) is 4.74 Å². The lowest BCUT2D eigenvalue weighted by atomic mass is 10.1. The summed E-state index contributed by atoms with van der Waals surface area (Å²) in [5, 5.41) is 8.68. The highest BCUT2D eigenvalue weighted by atomic mass is 79.9. The van der Waals surface area contributed by atoms with Crippen LogP contribution in [-0.4, -0.2) is 18.5 Å². The second-order valence-corrected chi connectivity index (χ2v) is 4.41. The van der Waals surface area contributed by atoms with Gasteiger partial charge in [-0.1, -0.05) is 22.5 Å². The Balaban J connectivity index is 2.15. The van der Waals surface area contributed by atoms with Crippen LogP contribution in [0.2, 0.25) is 0 Å². The smallest absolute Gasteiger partial charge is 0.216 e. The van der Waals surface area contributed by atoms with Gasteiger partial charge in [-0.3, -0.25) is 0 Å². The predicted octanol–water partition coefficient (Wildman–Crippen LogP) is 2.61. The molecule has 0 fully saturated rings. The number of hydrogen-bond donors (Lipinski definition) is 0. The molecule has 1 aromatic carbocycles. The van der Waals surface area contributed by atoms with Crippen molar-refractivity contribution in [2.75, 3.05) is 6.54 Å². The molecule has 0 amide bonds. The summed E-state index contributed by atoms with van der Waals surface area (Å²) in [7, 11) is 0. The van der Waals surface area contributed by atoms with E-state index < -0.39 is 0 Å². The molecular weight excluding hydrogens is 268 g/mol. The normalized spacial score (nSPS) is 18.5. The minimum Gasteiger partial charge on any atom is -0.467 e. The Labute approximate surface area is 102 Å². The SMILES string of the molecule is C=C(Br)C1CN=C(c2ccc(C#N)cc2)O1. The molecule has 0 saturated carbocycles. The van der Waals surface area contributed by atoms with Crippen molar-refractivity contribution in [2.45, 2.75) is 6.10 Å². The summed E-state index contributed by atoms with van der Waals surface area (Å²) >= 11 is 3.29. The summed E-state index contributed by atoms with van der Waals surface area (Å²) in [5.41, 5.74) is 1.51. The Morgan fingerprint density at radius 2 is 2.19 bits per heavy atom. The summed E-state index contributed by atoms with van der Waals surface area (Å²) in [4.78, 5) is 4.28. The second kappa shape index (κ2) is 4.50. The molecule has 80 valence electrons. The first-order valence-corrected chi connectivity index (χ1v) is 5.56. The van der Waals surface area contributed by atoms with E-state index in [2.05, 4.69) is 33.6 Å². The summed E-state index contributed by atoms with van der Waals surface area (Å²) in [6.45, 7) is 4.35. The molecule has 1 aliphatic heterocycles. The van der Waals surface area contributed by atoms with Crippen LogP contribution >= 0.6 is 15.9 Å². The molecule has 1 atom stereocenters. The van der Waals surface area contributed by atoms with E-state index in [1.54, 1.807) is 12.1 Å². The van der Waals surface area contributed by atoms with Gasteiger partial charge in [0.25, 0.3) is 0 Å². The number of rotatable bonds is 2. The Kier molecular flexibility index (Phi) is 3.07. The third kappa shape index (κ3) is 2.15. The van der Waals surface area contributed by atoms with E-state index >= 15 is 0 Å². The van der Waals surface area contributed by atoms with Crippen LogP contribution in [0, 0.1) is 11.3 Å². The predicted molar refractivity (Wildman–Crippen MR) is 65.5 cm³/mol. The van der Waals surface area contributed by atoms with Crippen molar-refractivity contribution in [1.29, 1.82) is 5.26 Å². The van der Waals surface area contributed by atoms with Gasteiger partial charge < -0.3 is 4.74 Å². The maximum absolute atomic E-state index is 8.68. The van der Waals surface area contributed by atoms with Crippen molar-refractivity contribution < 1.29 is 4.74 Å². The van der Waals surface area contributed by atoms with E-state index in [0.717, 1.165) is 10.0 Å². The number of hydrogen-bond acceptors (Lipinski definition) is 3. The summed E-state index contributed by atoms with van der Waals surface area (Å²) in [6, 6.07) is 9.22. The summed E-state index contributed by atoms with van der Waals surface area (Å²) < 4.78 is 6.39. The zero-order valence-corrected chi connectivity index (χ0v) is 10.1. The van der Waals surface area contributed by atoms with Crippen molar-refractivity contribution in [2.24, 2.45) is 4.99 Å². The van der Waals surface area contributed by atoms with Crippen molar-refractivity contribution in [1.82, 2.24) is 0 Å². The Morgan fingerprint density at radius 3 is 2.69 bits per heavy atom. The molecule has 1 unspecified atom stereocenters. The molecule has 0 radical (unpaired) electrons. The largest absolute Gasteiger partial charge is 0.467 e. The number of nitriles is 1. The van der Waals surface area contributed by atoms with Crippen molar-refractivity contribution in [3.8, 4) is 6.07 Å². The number of ether oxygens (including phenoxy) is 1. The van der Waals surface area contributed by atoms with Crippen LogP contribution in [0.5, 0.6) is 0 Å². The molecule has 1 aliphatic rings. The Hall–Kier alpha value is -1.60. The molecule has 0 bridgehead atoms. The van der Waals surface area contributed by atoms with Gasteiger partial charge in [-0.05, 0) is 24.3 Å². The maximum Gasteiger partial charge on any atom is 0.216 e. The van der Waals surface area contributed by atoms with Crippen molar-refractivity contribution in [3.63, 3.8) is 0 Å².